The predicted octanol–water partition coefficient (Wildman–Crippen LogP) is 3.53. The van der Waals surface area contributed by atoms with Crippen LogP contribution in [0.1, 0.15) is 6.92 Å². The zero-order chi connectivity index (χ0) is 19.9. The van der Waals surface area contributed by atoms with Gasteiger partial charge in [-0.2, -0.15) is 43.9 Å². The van der Waals surface area contributed by atoms with Crippen LogP contribution < -0.4 is 0 Å². The van der Waals surface area contributed by atoms with E-state index in [1.54, 1.807) is 0 Å². The van der Waals surface area contributed by atoms with Crippen LogP contribution in [-0.4, -0.2) is 47.2 Å². The van der Waals surface area contributed by atoms with E-state index in [0.717, 1.165) is 0 Å². The molecular formula is C10H7F11O3. The van der Waals surface area contributed by atoms with Crippen molar-refractivity contribution in [1.29, 1.82) is 0 Å². The number of aliphatic hydroxyl groups excluding tert-OH is 1. The van der Waals surface area contributed by atoms with Gasteiger partial charge in [0.05, 0.1) is 0 Å². The molecule has 14 heteroatoms. The summed E-state index contributed by atoms with van der Waals surface area (Å²) >= 11 is 0. The number of hydrogen-bond donors (Lipinski definition) is 1. The fraction of sp³-hybridized carbons (Fsp3) is 0.700. The first-order valence-corrected chi connectivity index (χ1v) is 5.37. The molecule has 1 atom stereocenters. The van der Waals surface area contributed by atoms with Crippen LogP contribution >= 0.6 is 0 Å². The third-order valence-corrected chi connectivity index (χ3v) is 2.44. The van der Waals surface area contributed by atoms with E-state index >= 15 is 0 Å². The fourth-order valence-electron chi connectivity index (χ4n) is 1.01. The van der Waals surface area contributed by atoms with Gasteiger partial charge in [0.25, 0.3) is 6.36 Å². The van der Waals surface area contributed by atoms with Crippen molar-refractivity contribution in [3.05, 3.63) is 12.2 Å². The van der Waals surface area contributed by atoms with Gasteiger partial charge < -0.3 is 9.84 Å². The van der Waals surface area contributed by atoms with E-state index in [4.69, 9.17) is 5.11 Å². The van der Waals surface area contributed by atoms with E-state index in [2.05, 4.69) is 11.3 Å². The van der Waals surface area contributed by atoms with Crippen molar-refractivity contribution in [1.82, 2.24) is 0 Å². The highest BCUT2D eigenvalue weighted by Crippen LogP contribution is 2.58. The van der Waals surface area contributed by atoms with Crippen molar-refractivity contribution < 1.29 is 62.9 Å². The molecule has 0 rings (SSSR count). The Labute approximate surface area is 125 Å². The van der Waals surface area contributed by atoms with Gasteiger partial charge in [-0.05, 0) is 6.92 Å². The van der Waals surface area contributed by atoms with Crippen molar-refractivity contribution in [3.63, 3.8) is 0 Å². The summed E-state index contributed by atoms with van der Waals surface area (Å²) < 4.78 is 144. The lowest BCUT2D eigenvalue weighted by Crippen LogP contribution is -2.69. The lowest BCUT2D eigenvalue weighted by molar-refractivity contribution is -0.445. The van der Waals surface area contributed by atoms with Crippen molar-refractivity contribution in [3.8, 4) is 0 Å². The Morgan fingerprint density at radius 2 is 1.29 bits per heavy atom. The molecule has 0 saturated heterocycles. The average molecular weight is 384 g/mol. The molecule has 0 aromatic carbocycles. The van der Waals surface area contributed by atoms with Gasteiger partial charge in [0.2, 0.25) is 0 Å². The number of ether oxygens (including phenoxy) is 1. The Kier molecular flexibility index (Phi) is 5.64. The van der Waals surface area contributed by atoms with Crippen LogP contribution in [0.5, 0.6) is 0 Å². The number of rotatable bonds is 7. The molecule has 0 radical (unpaired) electrons. The predicted molar refractivity (Wildman–Crippen MR) is 52.8 cm³/mol. The van der Waals surface area contributed by atoms with Crippen LogP contribution in [0.25, 0.3) is 0 Å². The molecule has 0 fully saturated rings. The molecular weight excluding hydrogens is 377 g/mol. The quantitative estimate of drug-likeness (QED) is 0.415. The zero-order valence-electron chi connectivity index (χ0n) is 11.2. The molecule has 1 unspecified atom stereocenters. The molecule has 0 aliphatic heterocycles. The van der Waals surface area contributed by atoms with Gasteiger partial charge in [-0.15, -0.1) is 0 Å². The first kappa shape index (κ1) is 22.4. The highest BCUT2D eigenvalue weighted by atomic mass is 19.4. The standard InChI is InChI=1S/C10H7F11O3/c1-3(2)4(22)24-10(20,21)9(18,19)8(16,17)7(14,15)6(12,13)5(11)23/h5,23H,1H2,2H3. The van der Waals surface area contributed by atoms with Gasteiger partial charge in [0, 0.05) is 5.57 Å². The summed E-state index contributed by atoms with van der Waals surface area (Å²) in [6.07, 6.45) is -11.8. The number of alkyl halides is 11. The second-order valence-corrected chi connectivity index (χ2v) is 4.37. The minimum atomic E-state index is -7.66. The first-order valence-electron chi connectivity index (χ1n) is 5.37. The molecule has 0 spiro atoms. The van der Waals surface area contributed by atoms with Crippen molar-refractivity contribution in [2.75, 3.05) is 0 Å². The number of carbonyl (C=O) groups excluding carboxylic acids is 1. The smallest absolute Gasteiger partial charge is 0.393 e. The third kappa shape index (κ3) is 3.15. The molecule has 1 N–H and O–H groups in total. The Morgan fingerprint density at radius 3 is 1.58 bits per heavy atom. The molecule has 24 heavy (non-hydrogen) atoms. The van der Waals surface area contributed by atoms with E-state index in [1.807, 2.05) is 0 Å². The summed E-state index contributed by atoms with van der Waals surface area (Å²) in [6, 6.07) is 0. The minimum absolute atomic E-state index is 0.580. The van der Waals surface area contributed by atoms with Crippen LogP contribution in [0, 0.1) is 0 Å². The molecule has 3 nitrogen and oxygen atoms in total. The molecule has 0 saturated carbocycles. The average Bonchev–Trinajstić information content (AvgIpc) is 2.36. The second-order valence-electron chi connectivity index (χ2n) is 4.37. The largest absolute Gasteiger partial charge is 0.473 e. The van der Waals surface area contributed by atoms with Gasteiger partial charge in [-0.25, -0.2) is 9.18 Å². The highest BCUT2D eigenvalue weighted by Gasteiger charge is 2.89. The van der Waals surface area contributed by atoms with Crippen molar-refractivity contribution in [2.24, 2.45) is 0 Å². The maximum absolute atomic E-state index is 13.1. The molecule has 0 bridgehead atoms. The zero-order valence-corrected chi connectivity index (χ0v) is 11.2. The van der Waals surface area contributed by atoms with E-state index in [1.165, 1.54) is 0 Å². The van der Waals surface area contributed by atoms with E-state index in [-0.39, 0.29) is 0 Å². The number of carbonyl (C=O) groups is 1. The molecule has 0 aliphatic rings. The Balaban J connectivity index is 6.07. The lowest BCUT2D eigenvalue weighted by Gasteiger charge is -2.38. The van der Waals surface area contributed by atoms with Crippen molar-refractivity contribution in [2.45, 2.75) is 43.1 Å². The van der Waals surface area contributed by atoms with E-state index in [9.17, 15) is 53.1 Å². The Morgan fingerprint density at radius 1 is 0.917 bits per heavy atom. The fourth-order valence-corrected chi connectivity index (χ4v) is 1.01. The SMILES string of the molecule is C=C(C)C(=O)OC(F)(F)C(F)(F)C(F)(F)C(F)(F)C(F)(F)C(O)F. The lowest BCUT2D eigenvalue weighted by atomic mass is 9.97. The van der Waals surface area contributed by atoms with Gasteiger partial charge >= 0.3 is 35.8 Å². The summed E-state index contributed by atoms with van der Waals surface area (Å²) in [5, 5.41) is 7.71. The van der Waals surface area contributed by atoms with Crippen LogP contribution in [-0.2, 0) is 9.53 Å². The summed E-state index contributed by atoms with van der Waals surface area (Å²) in [6.45, 7) is 3.18. The molecule has 0 aromatic heterocycles. The summed E-state index contributed by atoms with van der Waals surface area (Å²) in [7, 11) is 0. The first-order chi connectivity index (χ1) is 10.3. The van der Waals surface area contributed by atoms with E-state index < -0.39 is 47.7 Å². The van der Waals surface area contributed by atoms with E-state index in [0.29, 0.717) is 6.92 Å². The monoisotopic (exact) mass is 384 g/mol. The molecule has 0 amide bonds. The molecule has 0 aromatic rings. The molecule has 142 valence electrons. The van der Waals surface area contributed by atoms with Crippen LogP contribution in [0.4, 0.5) is 48.3 Å². The maximum Gasteiger partial charge on any atom is 0.473 e. The van der Waals surface area contributed by atoms with Crippen LogP contribution in [0.2, 0.25) is 0 Å². The molecule has 0 aliphatic carbocycles. The van der Waals surface area contributed by atoms with Gasteiger partial charge in [0.15, 0.2) is 0 Å². The third-order valence-electron chi connectivity index (χ3n) is 2.44. The number of hydrogen-bond acceptors (Lipinski definition) is 3. The molecule has 0 heterocycles. The normalized spacial score (nSPS) is 15.9. The maximum atomic E-state index is 13.1. The van der Waals surface area contributed by atoms with Gasteiger partial charge in [-0.3, -0.25) is 0 Å². The van der Waals surface area contributed by atoms with Crippen LogP contribution in [0.15, 0.2) is 12.2 Å². The number of aliphatic hydroxyl groups is 1. The summed E-state index contributed by atoms with van der Waals surface area (Å²) in [4.78, 5) is 10.7. The minimum Gasteiger partial charge on any atom is -0.393 e. The van der Waals surface area contributed by atoms with Gasteiger partial charge in [-0.1, -0.05) is 6.58 Å². The Hall–Kier alpha value is -1.60. The van der Waals surface area contributed by atoms with Crippen molar-refractivity contribution >= 4 is 5.97 Å². The number of esters is 1. The summed E-state index contributed by atoms with van der Waals surface area (Å²) in [5.74, 6) is -31.9. The second kappa shape index (κ2) is 6.04. The Bertz CT molecular complexity index is 512. The van der Waals surface area contributed by atoms with Gasteiger partial charge in [0.1, 0.15) is 0 Å². The topological polar surface area (TPSA) is 46.5 Å². The summed E-state index contributed by atoms with van der Waals surface area (Å²) in [5.41, 5.74) is -1.05. The highest BCUT2D eigenvalue weighted by molar-refractivity contribution is 5.87. The number of halogens is 11. The van der Waals surface area contributed by atoms with Crippen LogP contribution in [0.3, 0.4) is 0 Å².